The Hall–Kier alpha value is -4.63. The van der Waals surface area contributed by atoms with Gasteiger partial charge in [-0.05, 0) is 52.3 Å². The van der Waals surface area contributed by atoms with Gasteiger partial charge in [0.2, 0.25) is 0 Å². The van der Waals surface area contributed by atoms with Crippen LogP contribution < -0.4 is 0 Å². The number of fused-ring (bicyclic) bond motifs is 3. The highest BCUT2D eigenvalue weighted by atomic mass is 15.0. The van der Waals surface area contributed by atoms with E-state index in [1.807, 2.05) is 6.07 Å². The molecule has 39 heavy (non-hydrogen) atoms. The van der Waals surface area contributed by atoms with E-state index in [1.54, 1.807) is 0 Å². The van der Waals surface area contributed by atoms with Gasteiger partial charge in [0.15, 0.2) is 17.5 Å². The van der Waals surface area contributed by atoms with Gasteiger partial charge in [-0.2, -0.15) is 0 Å². The zero-order valence-electron chi connectivity index (χ0n) is 22.2. The van der Waals surface area contributed by atoms with Crippen LogP contribution in [0.1, 0.15) is 43.6 Å². The molecular formula is C36H29N3. The first-order valence-corrected chi connectivity index (χ1v) is 13.6. The molecule has 7 rings (SSSR count). The zero-order chi connectivity index (χ0) is 26.4. The number of benzene rings is 4. The van der Waals surface area contributed by atoms with Crippen LogP contribution in [-0.4, -0.2) is 15.0 Å². The molecule has 0 atom stereocenters. The predicted molar refractivity (Wildman–Crippen MR) is 160 cm³/mol. The molecule has 1 aromatic heterocycles. The van der Waals surface area contributed by atoms with Crippen molar-refractivity contribution in [3.63, 3.8) is 0 Å². The maximum absolute atomic E-state index is 5.02. The summed E-state index contributed by atoms with van der Waals surface area (Å²) in [5.74, 6) is 2.12. The lowest BCUT2D eigenvalue weighted by atomic mass is 9.82. The summed E-state index contributed by atoms with van der Waals surface area (Å²) in [5, 5.41) is 0. The van der Waals surface area contributed by atoms with Crippen LogP contribution in [0.5, 0.6) is 0 Å². The van der Waals surface area contributed by atoms with E-state index < -0.39 is 0 Å². The van der Waals surface area contributed by atoms with Gasteiger partial charge in [0.05, 0.1) is 0 Å². The van der Waals surface area contributed by atoms with Crippen molar-refractivity contribution in [2.45, 2.75) is 32.1 Å². The van der Waals surface area contributed by atoms with Crippen molar-refractivity contribution in [1.82, 2.24) is 15.0 Å². The smallest absolute Gasteiger partial charge is 0.164 e. The van der Waals surface area contributed by atoms with Crippen LogP contribution in [0.15, 0.2) is 115 Å². The monoisotopic (exact) mass is 503 g/mol. The van der Waals surface area contributed by atoms with E-state index in [-0.39, 0.29) is 5.41 Å². The lowest BCUT2D eigenvalue weighted by Crippen LogP contribution is -2.15. The number of hydrogen-bond acceptors (Lipinski definition) is 3. The summed E-state index contributed by atoms with van der Waals surface area (Å²) in [7, 11) is 0. The molecule has 3 heteroatoms. The number of nitrogens with zero attached hydrogens (tertiary/aromatic N) is 3. The van der Waals surface area contributed by atoms with Gasteiger partial charge in [-0.15, -0.1) is 0 Å². The molecule has 0 unspecified atom stereocenters. The molecule has 2 aliphatic carbocycles. The molecule has 1 heterocycles. The first-order chi connectivity index (χ1) is 19.1. The van der Waals surface area contributed by atoms with Crippen LogP contribution in [0, 0.1) is 0 Å². The fraction of sp³-hybridized carbons (Fsp3) is 0.139. The lowest BCUT2D eigenvalue weighted by molar-refractivity contribution is 0.660. The van der Waals surface area contributed by atoms with Crippen molar-refractivity contribution < 1.29 is 0 Å². The van der Waals surface area contributed by atoms with Crippen LogP contribution in [0.25, 0.3) is 50.6 Å². The van der Waals surface area contributed by atoms with Crippen molar-refractivity contribution in [3.05, 3.63) is 132 Å². The topological polar surface area (TPSA) is 38.7 Å². The Morgan fingerprint density at radius 3 is 1.92 bits per heavy atom. The second kappa shape index (κ2) is 9.28. The van der Waals surface area contributed by atoms with Crippen molar-refractivity contribution in [3.8, 4) is 45.0 Å². The number of aromatic nitrogens is 3. The van der Waals surface area contributed by atoms with Gasteiger partial charge in [-0.3, -0.25) is 0 Å². The average molecular weight is 504 g/mol. The Morgan fingerprint density at radius 1 is 0.538 bits per heavy atom. The minimum atomic E-state index is -0.0808. The molecule has 4 aromatic carbocycles. The quantitative estimate of drug-likeness (QED) is 0.246. The molecule has 0 saturated carbocycles. The molecule has 188 valence electrons. The van der Waals surface area contributed by atoms with Crippen LogP contribution in [0.2, 0.25) is 0 Å². The third kappa shape index (κ3) is 4.11. The van der Waals surface area contributed by atoms with Gasteiger partial charge in [-0.25, -0.2) is 15.0 Å². The van der Waals surface area contributed by atoms with E-state index in [0.717, 1.165) is 35.4 Å². The summed E-state index contributed by atoms with van der Waals surface area (Å²) in [4.78, 5) is 15.0. The summed E-state index contributed by atoms with van der Waals surface area (Å²) in [6, 6.07) is 34.3. The molecule has 3 nitrogen and oxygen atoms in total. The minimum absolute atomic E-state index is 0.0808. The summed E-state index contributed by atoms with van der Waals surface area (Å²) in [6.45, 7) is 4.61. The number of rotatable bonds is 4. The van der Waals surface area contributed by atoms with E-state index in [2.05, 4.69) is 123 Å². The fourth-order valence-electron chi connectivity index (χ4n) is 5.83. The Morgan fingerprint density at radius 2 is 1.15 bits per heavy atom. The Bertz CT molecular complexity index is 1760. The van der Waals surface area contributed by atoms with E-state index in [0.29, 0.717) is 11.6 Å². The van der Waals surface area contributed by atoms with E-state index >= 15 is 0 Å². The second-order valence-corrected chi connectivity index (χ2v) is 10.8. The predicted octanol–water partition coefficient (Wildman–Crippen LogP) is 8.91. The third-order valence-corrected chi connectivity index (χ3v) is 7.98. The normalized spacial score (nSPS) is 15.0. The van der Waals surface area contributed by atoms with Crippen molar-refractivity contribution in [2.75, 3.05) is 0 Å². The van der Waals surface area contributed by atoms with Crippen molar-refractivity contribution in [1.29, 1.82) is 0 Å². The largest absolute Gasteiger partial charge is 0.208 e. The highest BCUT2D eigenvalue weighted by Crippen LogP contribution is 2.49. The number of allylic oxidation sites excluding steroid dienone is 4. The Balaban J connectivity index is 1.34. The van der Waals surface area contributed by atoms with Gasteiger partial charge in [0.25, 0.3) is 0 Å². The van der Waals surface area contributed by atoms with E-state index in [4.69, 9.17) is 15.0 Å². The molecule has 5 aromatic rings. The average Bonchev–Trinajstić information content (AvgIpc) is 3.24. The minimum Gasteiger partial charge on any atom is -0.208 e. The SMILES string of the molecule is CC1(C)c2ccccc2-c2ccc(-c3nc(C4=CCCC=C4)nc(-c4ccc(-c5ccccc5)cc4)n3)cc21. The molecule has 0 spiro atoms. The summed E-state index contributed by atoms with van der Waals surface area (Å²) >= 11 is 0. The maximum atomic E-state index is 5.02. The second-order valence-electron chi connectivity index (χ2n) is 10.8. The van der Waals surface area contributed by atoms with Crippen molar-refractivity contribution in [2.24, 2.45) is 0 Å². The Kier molecular flexibility index (Phi) is 5.59. The van der Waals surface area contributed by atoms with Gasteiger partial charge in [0.1, 0.15) is 0 Å². The highest BCUT2D eigenvalue weighted by Gasteiger charge is 2.35. The van der Waals surface area contributed by atoms with Gasteiger partial charge < -0.3 is 0 Å². The standard InChI is InChI=1S/C36H29N3/c1-36(2)31-16-10-9-15-29(31)30-22-21-28(23-32(30)36)35-38-33(26-13-7-4-8-14-26)37-34(39-35)27-19-17-25(18-20-27)24-11-5-3-6-12-24/h3,5-7,9-23H,4,8H2,1-2H3. The van der Waals surface area contributed by atoms with Crippen LogP contribution >= 0.6 is 0 Å². The Labute approximate surface area is 229 Å². The van der Waals surface area contributed by atoms with Gasteiger partial charge >= 0.3 is 0 Å². The molecular weight excluding hydrogens is 474 g/mol. The molecule has 0 fully saturated rings. The summed E-state index contributed by atoms with van der Waals surface area (Å²) in [5.41, 5.74) is 10.6. The van der Waals surface area contributed by atoms with Crippen LogP contribution in [-0.2, 0) is 5.41 Å². The third-order valence-electron chi connectivity index (χ3n) is 7.98. The lowest BCUT2D eigenvalue weighted by Gasteiger charge is -2.21. The van der Waals surface area contributed by atoms with E-state index in [9.17, 15) is 0 Å². The summed E-state index contributed by atoms with van der Waals surface area (Å²) in [6.07, 6.45) is 8.61. The zero-order valence-corrected chi connectivity index (χ0v) is 22.2. The van der Waals surface area contributed by atoms with E-state index in [1.165, 1.54) is 33.4 Å². The van der Waals surface area contributed by atoms with Crippen LogP contribution in [0.4, 0.5) is 0 Å². The molecule has 0 radical (unpaired) electrons. The molecule has 0 N–H and O–H groups in total. The maximum Gasteiger partial charge on any atom is 0.164 e. The van der Waals surface area contributed by atoms with Gasteiger partial charge in [0, 0.05) is 22.1 Å². The molecule has 0 bridgehead atoms. The first kappa shape index (κ1) is 23.5. The molecule has 0 amide bonds. The molecule has 0 saturated heterocycles. The molecule has 0 aliphatic heterocycles. The highest BCUT2D eigenvalue weighted by molar-refractivity contribution is 5.83. The van der Waals surface area contributed by atoms with Crippen LogP contribution in [0.3, 0.4) is 0 Å². The molecule has 2 aliphatic rings. The fourth-order valence-corrected chi connectivity index (χ4v) is 5.83. The summed E-state index contributed by atoms with van der Waals surface area (Å²) < 4.78 is 0. The number of hydrogen-bond donors (Lipinski definition) is 0. The van der Waals surface area contributed by atoms with Crippen molar-refractivity contribution >= 4 is 5.57 Å². The van der Waals surface area contributed by atoms with Gasteiger partial charge in [-0.1, -0.05) is 123 Å². The first-order valence-electron chi connectivity index (χ1n) is 13.6.